The second-order valence-electron chi connectivity index (χ2n) is 11.0. The summed E-state index contributed by atoms with van der Waals surface area (Å²) in [5.74, 6) is 3.56. The fraction of sp³-hybridized carbons (Fsp3) is 0.333. The van der Waals surface area contributed by atoms with Crippen LogP contribution >= 0.6 is 0 Å². The monoisotopic (exact) mass is 491 g/mol. The lowest BCUT2D eigenvalue weighted by Crippen LogP contribution is -2.55. The maximum absolute atomic E-state index is 13.2. The van der Waals surface area contributed by atoms with Crippen LogP contribution in [0.15, 0.2) is 66.9 Å². The highest BCUT2D eigenvalue weighted by Crippen LogP contribution is 2.53. The van der Waals surface area contributed by atoms with Crippen molar-refractivity contribution in [1.82, 2.24) is 20.3 Å². The molecule has 4 bridgehead atoms. The topological polar surface area (TPSA) is 99.8 Å². The van der Waals surface area contributed by atoms with Crippen molar-refractivity contribution >= 4 is 28.5 Å². The van der Waals surface area contributed by atoms with Crippen LogP contribution in [-0.4, -0.2) is 32.8 Å². The van der Waals surface area contributed by atoms with Gasteiger partial charge in [-0.15, -0.1) is 0 Å². The summed E-state index contributed by atoms with van der Waals surface area (Å²) in [5.41, 5.74) is 4.25. The molecule has 4 aliphatic carbocycles. The predicted molar refractivity (Wildman–Crippen MR) is 142 cm³/mol. The van der Waals surface area contributed by atoms with Gasteiger partial charge in [0.1, 0.15) is 11.5 Å². The molecule has 0 saturated heterocycles. The quantitative estimate of drug-likeness (QED) is 0.346. The molecule has 8 rings (SSSR count). The Hall–Kier alpha value is -4.00. The van der Waals surface area contributed by atoms with E-state index in [0.29, 0.717) is 34.8 Å². The molecule has 4 saturated carbocycles. The number of anilines is 1. The molecule has 3 N–H and O–H groups in total. The maximum atomic E-state index is 13.2. The van der Waals surface area contributed by atoms with Gasteiger partial charge in [0.15, 0.2) is 0 Å². The number of hydrogen-bond acceptors (Lipinski definition) is 4. The Morgan fingerprint density at radius 2 is 1.59 bits per heavy atom. The summed E-state index contributed by atoms with van der Waals surface area (Å²) in [5, 5.41) is 6.26. The third-order valence-electron chi connectivity index (χ3n) is 8.58. The van der Waals surface area contributed by atoms with Crippen molar-refractivity contribution in [3.8, 4) is 11.4 Å². The van der Waals surface area contributed by atoms with Crippen LogP contribution in [0.1, 0.15) is 53.0 Å². The Kier molecular flexibility index (Phi) is 5.30. The number of carbonyl (C=O) groups is 2. The van der Waals surface area contributed by atoms with Gasteiger partial charge >= 0.3 is 0 Å². The Balaban J connectivity index is 1.05. The van der Waals surface area contributed by atoms with Crippen LogP contribution in [0.3, 0.4) is 0 Å². The van der Waals surface area contributed by atoms with Crippen molar-refractivity contribution < 1.29 is 9.59 Å². The summed E-state index contributed by atoms with van der Waals surface area (Å²) in [4.78, 5) is 37.7. The van der Waals surface area contributed by atoms with E-state index in [-0.39, 0.29) is 11.8 Å². The van der Waals surface area contributed by atoms with E-state index in [2.05, 4.69) is 20.6 Å². The number of benzene rings is 2. The molecule has 0 radical (unpaired) electrons. The number of fused-ring (bicyclic) bond motifs is 1. The number of nitrogens with one attached hydrogen (secondary N) is 3. The van der Waals surface area contributed by atoms with Crippen LogP contribution in [0.25, 0.3) is 22.4 Å². The zero-order valence-electron chi connectivity index (χ0n) is 20.5. The largest absolute Gasteiger partial charge is 0.349 e. The first-order chi connectivity index (χ1) is 18.1. The van der Waals surface area contributed by atoms with Crippen molar-refractivity contribution in [3.63, 3.8) is 0 Å². The molecule has 0 spiro atoms. The standard InChI is InChI=1S/C30H29N5O2/c36-29(35-27-21-12-17-11-18(14-21)15-22(27)13-17)20-6-9-24-26(16-20)34-28(33-24)19-4-7-23(8-5-19)32-30(37)25-3-1-2-10-31-25/h1-10,16-18,21-22,27H,11-15H2,(H,32,37)(H,33,34)(H,35,36)/t17-,18+,21-,22+,27?. The molecule has 4 aromatic rings. The minimum atomic E-state index is -0.253. The number of aromatic amines is 1. The van der Waals surface area contributed by atoms with Crippen LogP contribution in [0.4, 0.5) is 5.69 Å². The van der Waals surface area contributed by atoms with Crippen molar-refractivity contribution in [1.29, 1.82) is 0 Å². The third-order valence-corrected chi connectivity index (χ3v) is 8.58. The number of hydrogen-bond donors (Lipinski definition) is 3. The molecule has 7 nitrogen and oxygen atoms in total. The molecule has 4 fully saturated rings. The zero-order valence-corrected chi connectivity index (χ0v) is 20.5. The highest BCUT2D eigenvalue weighted by atomic mass is 16.2. The summed E-state index contributed by atoms with van der Waals surface area (Å²) in [6.07, 6.45) is 8.14. The third kappa shape index (κ3) is 4.18. The van der Waals surface area contributed by atoms with Crippen LogP contribution in [0.5, 0.6) is 0 Å². The summed E-state index contributed by atoms with van der Waals surface area (Å²) in [7, 11) is 0. The molecule has 0 aliphatic heterocycles. The van der Waals surface area contributed by atoms with E-state index in [0.717, 1.165) is 34.3 Å². The van der Waals surface area contributed by atoms with E-state index in [4.69, 9.17) is 4.98 Å². The first-order valence-corrected chi connectivity index (χ1v) is 13.2. The van der Waals surface area contributed by atoms with Crippen LogP contribution < -0.4 is 10.6 Å². The smallest absolute Gasteiger partial charge is 0.274 e. The van der Waals surface area contributed by atoms with E-state index >= 15 is 0 Å². The number of H-pyrrole nitrogens is 1. The molecule has 7 heteroatoms. The Bertz CT molecular complexity index is 1450. The minimum Gasteiger partial charge on any atom is -0.349 e. The van der Waals surface area contributed by atoms with Gasteiger partial charge in [-0.05, 0) is 110 Å². The van der Waals surface area contributed by atoms with Gasteiger partial charge in [0, 0.05) is 29.1 Å². The zero-order chi connectivity index (χ0) is 24.9. The molecule has 0 atom stereocenters. The molecule has 186 valence electrons. The second kappa shape index (κ2) is 8.83. The predicted octanol–water partition coefficient (Wildman–Crippen LogP) is 5.43. The molecule has 2 aromatic heterocycles. The number of rotatable bonds is 5. The molecular formula is C30H29N5O2. The van der Waals surface area contributed by atoms with Crippen LogP contribution in [-0.2, 0) is 0 Å². The fourth-order valence-corrected chi connectivity index (χ4v) is 7.08. The highest BCUT2D eigenvalue weighted by molar-refractivity contribution is 6.03. The lowest BCUT2D eigenvalue weighted by molar-refractivity contribution is -0.0119. The SMILES string of the molecule is O=C(NC1[C@H]2C[C@@H]3C[C@@H](C[C@H]1C3)C2)c1ccc2[nH]c(-c3ccc(NC(=O)c4ccccn4)cc3)nc2c1. The minimum absolute atomic E-state index is 0.0110. The van der Waals surface area contributed by atoms with Gasteiger partial charge in [-0.3, -0.25) is 14.6 Å². The molecular weight excluding hydrogens is 462 g/mol. The Morgan fingerprint density at radius 3 is 2.30 bits per heavy atom. The lowest BCUT2D eigenvalue weighted by atomic mass is 9.54. The van der Waals surface area contributed by atoms with Gasteiger partial charge in [-0.25, -0.2) is 4.98 Å². The van der Waals surface area contributed by atoms with Gasteiger partial charge in [0.25, 0.3) is 11.8 Å². The summed E-state index contributed by atoms with van der Waals surface area (Å²) >= 11 is 0. The van der Waals surface area contributed by atoms with Gasteiger partial charge < -0.3 is 15.6 Å². The van der Waals surface area contributed by atoms with Gasteiger partial charge in [0.05, 0.1) is 11.0 Å². The van der Waals surface area contributed by atoms with E-state index in [1.165, 1.54) is 32.1 Å². The van der Waals surface area contributed by atoms with Gasteiger partial charge in [-0.2, -0.15) is 0 Å². The average Bonchev–Trinajstić information content (AvgIpc) is 3.35. The first kappa shape index (κ1) is 22.2. The lowest BCUT2D eigenvalue weighted by Gasteiger charge is -2.54. The fourth-order valence-electron chi connectivity index (χ4n) is 7.08. The number of nitrogens with zero attached hydrogens (tertiary/aromatic N) is 2. The van der Waals surface area contributed by atoms with E-state index in [1.54, 1.807) is 24.4 Å². The highest BCUT2D eigenvalue weighted by Gasteiger charge is 2.48. The first-order valence-electron chi connectivity index (χ1n) is 13.2. The average molecular weight is 492 g/mol. The number of carbonyl (C=O) groups excluding carboxylic acids is 2. The second-order valence-corrected chi connectivity index (χ2v) is 11.0. The Labute approximate surface area is 215 Å². The molecule has 2 heterocycles. The van der Waals surface area contributed by atoms with Crippen molar-refractivity contribution in [2.45, 2.75) is 38.1 Å². The summed E-state index contributed by atoms with van der Waals surface area (Å²) in [6.45, 7) is 0. The molecule has 37 heavy (non-hydrogen) atoms. The van der Waals surface area contributed by atoms with E-state index in [9.17, 15) is 9.59 Å². The van der Waals surface area contributed by atoms with Crippen molar-refractivity contribution in [2.75, 3.05) is 5.32 Å². The number of pyridine rings is 1. The Morgan fingerprint density at radius 1 is 0.838 bits per heavy atom. The van der Waals surface area contributed by atoms with Crippen molar-refractivity contribution in [3.05, 3.63) is 78.1 Å². The van der Waals surface area contributed by atoms with Crippen LogP contribution in [0, 0.1) is 23.7 Å². The number of imidazole rings is 1. The molecule has 2 aromatic carbocycles. The van der Waals surface area contributed by atoms with Gasteiger partial charge in [0.2, 0.25) is 0 Å². The molecule has 2 amide bonds. The summed E-state index contributed by atoms with van der Waals surface area (Å²) in [6, 6.07) is 18.7. The number of amides is 2. The van der Waals surface area contributed by atoms with E-state index < -0.39 is 0 Å². The molecule has 4 aliphatic rings. The van der Waals surface area contributed by atoms with E-state index in [1.807, 2.05) is 42.5 Å². The van der Waals surface area contributed by atoms with Gasteiger partial charge in [-0.1, -0.05) is 6.07 Å². The maximum Gasteiger partial charge on any atom is 0.274 e. The van der Waals surface area contributed by atoms with Crippen molar-refractivity contribution in [2.24, 2.45) is 23.7 Å². The van der Waals surface area contributed by atoms with Crippen LogP contribution in [0.2, 0.25) is 0 Å². The molecule has 0 unspecified atom stereocenters. The number of aromatic nitrogens is 3. The normalized spacial score (nSPS) is 25.8. The summed E-state index contributed by atoms with van der Waals surface area (Å²) < 4.78 is 0.